The van der Waals surface area contributed by atoms with Crippen LogP contribution in [0.25, 0.3) is 0 Å². The zero-order valence-corrected chi connectivity index (χ0v) is 10.4. The number of esters is 1. The van der Waals surface area contributed by atoms with E-state index in [-0.39, 0.29) is 12.4 Å². The molecule has 1 aliphatic carbocycles. The second-order valence-corrected chi connectivity index (χ2v) is 4.31. The number of aryl methyl sites for hydroxylation is 1. The van der Waals surface area contributed by atoms with E-state index in [0.717, 1.165) is 11.1 Å². The van der Waals surface area contributed by atoms with Gasteiger partial charge in [-0.05, 0) is 31.4 Å². The van der Waals surface area contributed by atoms with Gasteiger partial charge in [0.25, 0.3) is 5.78 Å². The fraction of sp³-hybridized carbons (Fsp3) is 0.357. The van der Waals surface area contributed by atoms with Crippen molar-refractivity contribution in [1.82, 2.24) is 0 Å². The van der Waals surface area contributed by atoms with Gasteiger partial charge in [0.05, 0.1) is 12.5 Å². The third kappa shape index (κ3) is 1.94. The van der Waals surface area contributed by atoms with E-state index in [2.05, 4.69) is 4.74 Å². The van der Waals surface area contributed by atoms with Gasteiger partial charge in [-0.3, -0.25) is 9.59 Å². The minimum atomic E-state index is -0.915. The summed E-state index contributed by atoms with van der Waals surface area (Å²) < 4.78 is 4.65. The lowest BCUT2D eigenvalue weighted by atomic mass is 9.99. The molecular formula is C14H14O4. The van der Waals surface area contributed by atoms with E-state index >= 15 is 0 Å². The molecule has 1 atom stereocenters. The van der Waals surface area contributed by atoms with Gasteiger partial charge in [0, 0.05) is 5.56 Å². The van der Waals surface area contributed by atoms with Gasteiger partial charge < -0.3 is 4.74 Å². The average molecular weight is 246 g/mol. The second-order valence-electron chi connectivity index (χ2n) is 4.31. The molecule has 0 saturated carbocycles. The molecule has 0 aliphatic heterocycles. The molecular weight excluding hydrogens is 232 g/mol. The van der Waals surface area contributed by atoms with E-state index in [1.165, 1.54) is 0 Å². The van der Waals surface area contributed by atoms with Gasteiger partial charge in [0.2, 0.25) is 0 Å². The number of fused-ring (bicyclic) bond motifs is 1. The zero-order chi connectivity index (χ0) is 13.3. The number of Topliss-reactive ketones (excluding diaryl/α,β-unsaturated/α-hetero) is 2. The first-order valence-corrected chi connectivity index (χ1v) is 5.90. The van der Waals surface area contributed by atoms with Crippen LogP contribution < -0.4 is 0 Å². The molecule has 94 valence electrons. The van der Waals surface area contributed by atoms with E-state index in [1.807, 2.05) is 13.0 Å². The first-order valence-electron chi connectivity index (χ1n) is 5.90. The van der Waals surface area contributed by atoms with Crippen LogP contribution in [0.15, 0.2) is 18.2 Å². The quantitative estimate of drug-likeness (QED) is 0.460. The first-order chi connectivity index (χ1) is 8.56. The SMILES string of the molecule is CCOC(=O)C(=O)C1Cc2c(C)cccc2C1=O. The van der Waals surface area contributed by atoms with Crippen molar-refractivity contribution in [3.8, 4) is 0 Å². The largest absolute Gasteiger partial charge is 0.460 e. The molecule has 0 amide bonds. The number of ketones is 2. The van der Waals surface area contributed by atoms with Crippen LogP contribution in [-0.4, -0.2) is 24.1 Å². The van der Waals surface area contributed by atoms with Crippen molar-refractivity contribution >= 4 is 17.5 Å². The van der Waals surface area contributed by atoms with Crippen molar-refractivity contribution in [2.24, 2.45) is 5.92 Å². The molecule has 1 aliphatic rings. The Labute approximate surface area is 105 Å². The van der Waals surface area contributed by atoms with Crippen LogP contribution in [0.3, 0.4) is 0 Å². The second kappa shape index (κ2) is 4.72. The van der Waals surface area contributed by atoms with Gasteiger partial charge in [-0.15, -0.1) is 0 Å². The Kier molecular flexibility index (Phi) is 3.28. The number of hydrogen-bond acceptors (Lipinski definition) is 4. The molecule has 1 unspecified atom stereocenters. The molecule has 1 aromatic carbocycles. The molecule has 0 bridgehead atoms. The highest BCUT2D eigenvalue weighted by Gasteiger charge is 2.39. The molecule has 2 rings (SSSR count). The lowest BCUT2D eigenvalue weighted by Crippen LogP contribution is -2.29. The van der Waals surface area contributed by atoms with Crippen LogP contribution in [-0.2, 0) is 20.7 Å². The summed E-state index contributed by atoms with van der Waals surface area (Å²) in [6, 6.07) is 5.37. The van der Waals surface area contributed by atoms with Gasteiger partial charge in [-0.1, -0.05) is 18.2 Å². The number of benzene rings is 1. The van der Waals surface area contributed by atoms with Crippen LogP contribution in [0.1, 0.15) is 28.4 Å². The van der Waals surface area contributed by atoms with Crippen molar-refractivity contribution < 1.29 is 19.1 Å². The summed E-state index contributed by atoms with van der Waals surface area (Å²) in [5.41, 5.74) is 2.39. The van der Waals surface area contributed by atoms with Crippen molar-refractivity contribution in [1.29, 1.82) is 0 Å². The highest BCUT2D eigenvalue weighted by molar-refractivity contribution is 6.40. The fourth-order valence-corrected chi connectivity index (χ4v) is 2.24. The van der Waals surface area contributed by atoms with E-state index < -0.39 is 17.7 Å². The lowest BCUT2D eigenvalue weighted by molar-refractivity contribution is -0.154. The molecule has 0 radical (unpaired) electrons. The normalized spacial score (nSPS) is 17.4. The van der Waals surface area contributed by atoms with Gasteiger partial charge in [0.1, 0.15) is 0 Å². The molecule has 0 aromatic heterocycles. The first kappa shape index (κ1) is 12.5. The van der Waals surface area contributed by atoms with E-state index in [0.29, 0.717) is 12.0 Å². The topological polar surface area (TPSA) is 60.4 Å². The summed E-state index contributed by atoms with van der Waals surface area (Å²) in [5, 5.41) is 0. The Balaban J connectivity index is 2.27. The summed E-state index contributed by atoms with van der Waals surface area (Å²) in [6.07, 6.45) is 0.304. The van der Waals surface area contributed by atoms with Crippen molar-refractivity contribution in [2.45, 2.75) is 20.3 Å². The van der Waals surface area contributed by atoms with Crippen LogP contribution in [0.2, 0.25) is 0 Å². The predicted molar refractivity (Wildman–Crippen MR) is 64.3 cm³/mol. The Bertz CT molecular complexity index is 531. The molecule has 0 fully saturated rings. The Morgan fingerprint density at radius 3 is 2.72 bits per heavy atom. The van der Waals surface area contributed by atoms with Gasteiger partial charge >= 0.3 is 5.97 Å². The van der Waals surface area contributed by atoms with Crippen LogP contribution >= 0.6 is 0 Å². The molecule has 18 heavy (non-hydrogen) atoms. The summed E-state index contributed by atoms with van der Waals surface area (Å²) in [6.45, 7) is 3.65. The standard InChI is InChI=1S/C14H14O4/c1-3-18-14(17)13(16)11-7-10-8(2)5-4-6-9(10)12(11)15/h4-6,11H,3,7H2,1-2H3. The maximum atomic E-state index is 12.1. The van der Waals surface area contributed by atoms with E-state index in [4.69, 9.17) is 0 Å². The summed E-state index contributed by atoms with van der Waals surface area (Å²) >= 11 is 0. The Morgan fingerprint density at radius 2 is 2.11 bits per heavy atom. The molecule has 0 spiro atoms. The third-order valence-electron chi connectivity index (χ3n) is 3.19. The van der Waals surface area contributed by atoms with Crippen molar-refractivity contribution in [3.05, 3.63) is 34.9 Å². The van der Waals surface area contributed by atoms with Crippen LogP contribution in [0.4, 0.5) is 0 Å². The van der Waals surface area contributed by atoms with Crippen LogP contribution in [0, 0.1) is 12.8 Å². The average Bonchev–Trinajstić information content (AvgIpc) is 2.68. The molecule has 0 heterocycles. The lowest BCUT2D eigenvalue weighted by Gasteiger charge is -2.05. The number of ether oxygens (including phenoxy) is 1. The van der Waals surface area contributed by atoms with Crippen molar-refractivity contribution in [3.63, 3.8) is 0 Å². The maximum Gasteiger partial charge on any atom is 0.375 e. The van der Waals surface area contributed by atoms with Gasteiger partial charge in [-0.25, -0.2) is 4.79 Å². The monoisotopic (exact) mass is 246 g/mol. The molecule has 1 aromatic rings. The Hall–Kier alpha value is -1.97. The summed E-state index contributed by atoms with van der Waals surface area (Å²) in [5.74, 6) is -2.83. The minimum Gasteiger partial charge on any atom is -0.460 e. The number of hydrogen-bond donors (Lipinski definition) is 0. The molecule has 0 N–H and O–H groups in total. The van der Waals surface area contributed by atoms with E-state index in [1.54, 1.807) is 19.1 Å². The zero-order valence-electron chi connectivity index (χ0n) is 10.4. The predicted octanol–water partition coefficient (Wildman–Crippen LogP) is 1.48. The van der Waals surface area contributed by atoms with E-state index in [9.17, 15) is 14.4 Å². The third-order valence-corrected chi connectivity index (χ3v) is 3.19. The molecule has 0 saturated heterocycles. The smallest absolute Gasteiger partial charge is 0.375 e. The van der Waals surface area contributed by atoms with Gasteiger partial charge in [0.15, 0.2) is 5.78 Å². The number of carbonyl (C=O) groups is 3. The summed E-state index contributed by atoms with van der Waals surface area (Å²) in [7, 11) is 0. The summed E-state index contributed by atoms with van der Waals surface area (Å²) in [4.78, 5) is 35.3. The minimum absolute atomic E-state index is 0.136. The highest BCUT2D eigenvalue weighted by atomic mass is 16.5. The molecule has 4 nitrogen and oxygen atoms in total. The Morgan fingerprint density at radius 1 is 1.39 bits per heavy atom. The van der Waals surface area contributed by atoms with Crippen LogP contribution in [0.5, 0.6) is 0 Å². The number of carbonyl (C=O) groups excluding carboxylic acids is 3. The molecule has 4 heteroatoms. The highest BCUT2D eigenvalue weighted by Crippen LogP contribution is 2.29. The number of rotatable bonds is 3. The van der Waals surface area contributed by atoms with Gasteiger partial charge in [-0.2, -0.15) is 0 Å². The fourth-order valence-electron chi connectivity index (χ4n) is 2.24. The van der Waals surface area contributed by atoms with Crippen molar-refractivity contribution in [2.75, 3.05) is 6.61 Å². The maximum absolute atomic E-state index is 12.1.